The summed E-state index contributed by atoms with van der Waals surface area (Å²) in [7, 11) is 0. The number of aliphatic hydroxyl groups is 1. The second kappa shape index (κ2) is 5.43. The van der Waals surface area contributed by atoms with E-state index in [-0.39, 0.29) is 18.4 Å². The molecule has 1 heterocycles. The van der Waals surface area contributed by atoms with E-state index >= 15 is 0 Å². The van der Waals surface area contributed by atoms with Gasteiger partial charge in [-0.1, -0.05) is 29.8 Å². The first-order valence-electron chi connectivity index (χ1n) is 6.24. The van der Waals surface area contributed by atoms with Crippen LogP contribution in [0.5, 0.6) is 0 Å². The van der Waals surface area contributed by atoms with Gasteiger partial charge in [0.2, 0.25) is 0 Å². The van der Waals surface area contributed by atoms with E-state index < -0.39 is 6.04 Å². The highest BCUT2D eigenvalue weighted by atomic mass is 79.9. The molecule has 0 fully saturated rings. The lowest BCUT2D eigenvalue weighted by Gasteiger charge is -2.25. The summed E-state index contributed by atoms with van der Waals surface area (Å²) in [5.41, 5.74) is 0.817. The minimum Gasteiger partial charge on any atom is -0.394 e. The van der Waals surface area contributed by atoms with E-state index in [0.29, 0.717) is 23.5 Å². The predicted molar refractivity (Wildman–Crippen MR) is 75.0 cm³/mol. The van der Waals surface area contributed by atoms with Crippen LogP contribution < -0.4 is 0 Å². The maximum Gasteiger partial charge on any atom is 0.261 e. The Morgan fingerprint density at radius 2 is 1.84 bits per heavy atom. The molecule has 102 valence electrons. The number of carbonyl (C=O) groups excluding carboxylic acids is 2. The van der Waals surface area contributed by atoms with Crippen LogP contribution in [0.25, 0.3) is 0 Å². The molecule has 1 aromatic carbocycles. The number of hydrogen-bond acceptors (Lipinski definition) is 3. The molecule has 1 aromatic rings. The molecule has 1 unspecified atom stereocenters. The topological polar surface area (TPSA) is 57.6 Å². The van der Waals surface area contributed by atoms with Gasteiger partial charge in [0.05, 0.1) is 23.8 Å². The van der Waals surface area contributed by atoms with Crippen LogP contribution in [0.4, 0.5) is 0 Å². The summed E-state index contributed by atoms with van der Waals surface area (Å²) in [6, 6.07) is 4.58. The molecule has 0 aromatic heterocycles. The van der Waals surface area contributed by atoms with Gasteiger partial charge in [-0.3, -0.25) is 14.5 Å². The SMILES string of the molecule is CC(C)CC(CO)N1C(=O)c2ccc(Br)cc2C1=O. The van der Waals surface area contributed by atoms with Crippen molar-refractivity contribution in [3.63, 3.8) is 0 Å². The third kappa shape index (κ3) is 2.58. The molecule has 1 atom stereocenters. The lowest BCUT2D eigenvalue weighted by atomic mass is 10.0. The molecular weight excluding hydrogens is 310 g/mol. The van der Waals surface area contributed by atoms with Crippen LogP contribution >= 0.6 is 15.9 Å². The van der Waals surface area contributed by atoms with Crippen LogP contribution in [0, 0.1) is 5.92 Å². The number of nitrogens with zero attached hydrogens (tertiary/aromatic N) is 1. The van der Waals surface area contributed by atoms with Gasteiger partial charge in [-0.05, 0) is 30.5 Å². The molecule has 0 bridgehead atoms. The van der Waals surface area contributed by atoms with E-state index in [1.807, 2.05) is 13.8 Å². The number of amides is 2. The van der Waals surface area contributed by atoms with Gasteiger partial charge >= 0.3 is 0 Å². The molecule has 1 aliphatic heterocycles. The van der Waals surface area contributed by atoms with Crippen molar-refractivity contribution in [2.75, 3.05) is 6.61 Å². The molecule has 2 amide bonds. The summed E-state index contributed by atoms with van der Waals surface area (Å²) in [4.78, 5) is 25.8. The van der Waals surface area contributed by atoms with E-state index in [2.05, 4.69) is 15.9 Å². The lowest BCUT2D eigenvalue weighted by Crippen LogP contribution is -2.42. The third-order valence-electron chi connectivity index (χ3n) is 3.20. The van der Waals surface area contributed by atoms with E-state index in [1.54, 1.807) is 18.2 Å². The summed E-state index contributed by atoms with van der Waals surface area (Å²) in [6.45, 7) is 3.79. The van der Waals surface area contributed by atoms with Crippen molar-refractivity contribution in [3.05, 3.63) is 33.8 Å². The molecule has 2 rings (SSSR count). The number of imide groups is 1. The Hall–Kier alpha value is -1.20. The Bertz CT molecular complexity index is 527. The highest BCUT2D eigenvalue weighted by Gasteiger charge is 2.39. The lowest BCUT2D eigenvalue weighted by molar-refractivity contribution is 0.0490. The van der Waals surface area contributed by atoms with Gasteiger partial charge in [-0.25, -0.2) is 0 Å². The first kappa shape index (κ1) is 14.2. The average molecular weight is 326 g/mol. The van der Waals surface area contributed by atoms with E-state index in [1.165, 1.54) is 4.90 Å². The zero-order valence-electron chi connectivity index (χ0n) is 10.9. The average Bonchev–Trinajstić information content (AvgIpc) is 2.59. The molecule has 0 spiro atoms. The Labute approximate surface area is 120 Å². The van der Waals surface area contributed by atoms with Crippen molar-refractivity contribution < 1.29 is 14.7 Å². The minimum atomic E-state index is -0.453. The fourth-order valence-electron chi connectivity index (χ4n) is 2.37. The third-order valence-corrected chi connectivity index (χ3v) is 3.69. The Morgan fingerprint density at radius 3 is 2.42 bits per heavy atom. The number of aliphatic hydroxyl groups excluding tert-OH is 1. The van der Waals surface area contributed by atoms with Crippen LogP contribution in [-0.2, 0) is 0 Å². The fraction of sp³-hybridized carbons (Fsp3) is 0.429. The molecule has 0 aliphatic carbocycles. The zero-order chi connectivity index (χ0) is 14.2. The molecule has 1 N–H and O–H groups in total. The zero-order valence-corrected chi connectivity index (χ0v) is 12.5. The number of carbonyl (C=O) groups is 2. The Balaban J connectivity index is 2.36. The molecule has 1 aliphatic rings. The van der Waals surface area contributed by atoms with E-state index in [0.717, 1.165) is 4.47 Å². The molecule has 4 nitrogen and oxygen atoms in total. The van der Waals surface area contributed by atoms with Crippen LogP contribution in [-0.4, -0.2) is 34.5 Å². The van der Waals surface area contributed by atoms with Crippen LogP contribution in [0.2, 0.25) is 0 Å². The van der Waals surface area contributed by atoms with Crippen LogP contribution in [0.1, 0.15) is 41.0 Å². The minimum absolute atomic E-state index is 0.204. The van der Waals surface area contributed by atoms with Crippen molar-refractivity contribution >= 4 is 27.7 Å². The highest BCUT2D eigenvalue weighted by Crippen LogP contribution is 2.28. The second-order valence-corrected chi connectivity index (χ2v) is 6.05. The van der Waals surface area contributed by atoms with Gasteiger partial charge in [0.15, 0.2) is 0 Å². The summed E-state index contributed by atoms with van der Waals surface area (Å²) in [6.07, 6.45) is 0.600. The van der Waals surface area contributed by atoms with Gasteiger partial charge in [0.1, 0.15) is 0 Å². The molecule has 5 heteroatoms. The molecule has 0 saturated carbocycles. The fourth-order valence-corrected chi connectivity index (χ4v) is 2.73. The smallest absolute Gasteiger partial charge is 0.261 e. The molecule has 19 heavy (non-hydrogen) atoms. The largest absolute Gasteiger partial charge is 0.394 e. The molecular formula is C14H16BrNO3. The normalized spacial score (nSPS) is 16.2. The maximum absolute atomic E-state index is 12.3. The highest BCUT2D eigenvalue weighted by molar-refractivity contribution is 9.10. The van der Waals surface area contributed by atoms with E-state index in [9.17, 15) is 14.7 Å². The van der Waals surface area contributed by atoms with Crippen molar-refractivity contribution in [3.8, 4) is 0 Å². The first-order chi connectivity index (χ1) is 8.95. The maximum atomic E-state index is 12.3. The van der Waals surface area contributed by atoms with Gasteiger partial charge in [0, 0.05) is 4.47 Å². The number of benzene rings is 1. The van der Waals surface area contributed by atoms with Crippen molar-refractivity contribution in [2.24, 2.45) is 5.92 Å². The van der Waals surface area contributed by atoms with Gasteiger partial charge in [-0.2, -0.15) is 0 Å². The molecule has 0 saturated heterocycles. The summed E-state index contributed by atoms with van der Waals surface area (Å²) >= 11 is 3.30. The van der Waals surface area contributed by atoms with Crippen molar-refractivity contribution in [1.82, 2.24) is 4.90 Å². The Kier molecular flexibility index (Phi) is 4.06. The number of hydrogen-bond donors (Lipinski definition) is 1. The summed E-state index contributed by atoms with van der Waals surface area (Å²) in [5, 5.41) is 9.45. The predicted octanol–water partition coefficient (Wildman–Crippen LogP) is 2.45. The number of fused-ring (bicyclic) bond motifs is 1. The summed E-state index contributed by atoms with van der Waals surface area (Å²) in [5.74, 6) is -0.332. The quantitative estimate of drug-likeness (QED) is 0.865. The summed E-state index contributed by atoms with van der Waals surface area (Å²) < 4.78 is 0.763. The van der Waals surface area contributed by atoms with Crippen LogP contribution in [0.3, 0.4) is 0 Å². The monoisotopic (exact) mass is 325 g/mol. The van der Waals surface area contributed by atoms with Crippen molar-refractivity contribution in [1.29, 1.82) is 0 Å². The van der Waals surface area contributed by atoms with Crippen LogP contribution in [0.15, 0.2) is 22.7 Å². The first-order valence-corrected chi connectivity index (χ1v) is 7.03. The number of halogens is 1. The van der Waals surface area contributed by atoms with Gasteiger partial charge < -0.3 is 5.11 Å². The Morgan fingerprint density at radius 1 is 1.21 bits per heavy atom. The van der Waals surface area contributed by atoms with Gasteiger partial charge in [-0.15, -0.1) is 0 Å². The van der Waals surface area contributed by atoms with Gasteiger partial charge in [0.25, 0.3) is 11.8 Å². The number of rotatable bonds is 4. The standard InChI is InChI=1S/C14H16BrNO3/c1-8(2)5-10(7-17)16-13(18)11-4-3-9(15)6-12(11)14(16)19/h3-4,6,8,10,17H,5,7H2,1-2H3. The van der Waals surface area contributed by atoms with Crippen molar-refractivity contribution in [2.45, 2.75) is 26.3 Å². The second-order valence-electron chi connectivity index (χ2n) is 5.14. The van der Waals surface area contributed by atoms with E-state index in [4.69, 9.17) is 0 Å². The molecule has 0 radical (unpaired) electrons.